The van der Waals surface area contributed by atoms with E-state index in [-0.39, 0.29) is 32.1 Å². The predicted octanol–water partition coefficient (Wildman–Crippen LogP) is 5.77. The van der Waals surface area contributed by atoms with E-state index in [0.29, 0.717) is 11.1 Å². The van der Waals surface area contributed by atoms with E-state index < -0.39 is 51.4 Å². The zero-order valence-electron chi connectivity index (χ0n) is 19.6. The molecule has 0 saturated carbocycles. The summed E-state index contributed by atoms with van der Waals surface area (Å²) in [6, 6.07) is 12.8. The van der Waals surface area contributed by atoms with Crippen LogP contribution in [0.4, 0.5) is 18.9 Å². The fourth-order valence-electron chi connectivity index (χ4n) is 3.96. The molecule has 4 N–H and O–H groups in total. The third-order valence-corrected chi connectivity index (χ3v) is 7.29. The van der Waals surface area contributed by atoms with Crippen LogP contribution in [0.25, 0.3) is 22.2 Å². The molecule has 3 aromatic carbocycles. The largest absolute Gasteiger partial charge is 0.366 e. The molecule has 0 radical (unpaired) electrons. The van der Waals surface area contributed by atoms with Gasteiger partial charge in [0.05, 0.1) is 26.7 Å². The summed E-state index contributed by atoms with van der Waals surface area (Å²) in [5, 5.41) is 0.421. The average Bonchev–Trinajstić information content (AvgIpc) is 3.33. The van der Waals surface area contributed by atoms with E-state index in [4.69, 9.17) is 17.3 Å². The van der Waals surface area contributed by atoms with Gasteiger partial charge in [-0.2, -0.15) is 0 Å². The fraction of sp³-hybridized carbons (Fsp3) is 0. The zero-order valence-corrected chi connectivity index (χ0v) is 21.2. The monoisotopic (exact) mass is 568 g/mol. The highest BCUT2D eigenvalue weighted by Gasteiger charge is 2.25. The molecule has 196 valence electrons. The summed E-state index contributed by atoms with van der Waals surface area (Å²) in [5.74, 6) is -4.78. The minimum absolute atomic E-state index is 0.0172. The highest BCUT2D eigenvalue weighted by atomic mass is 35.5. The molecule has 1 atom stereocenters. The number of H-pyrrole nitrogens is 1. The van der Waals surface area contributed by atoms with Crippen LogP contribution in [0.1, 0.15) is 26.3 Å². The van der Waals surface area contributed by atoms with E-state index in [2.05, 4.69) is 14.7 Å². The van der Waals surface area contributed by atoms with Crippen molar-refractivity contribution in [2.24, 2.45) is 5.73 Å². The summed E-state index contributed by atoms with van der Waals surface area (Å²) in [6.07, 6.45) is 2.75. The Kier molecular flexibility index (Phi) is 6.94. The molecule has 0 aliphatic heterocycles. The Labute approximate surface area is 226 Å². The molecule has 0 aliphatic rings. The molecule has 5 aromatic rings. The highest BCUT2D eigenvalue weighted by molar-refractivity contribution is 7.86. The van der Waals surface area contributed by atoms with E-state index in [0.717, 1.165) is 24.3 Å². The molecular weight excluding hydrogens is 553 g/mol. The Bertz CT molecular complexity index is 1830. The van der Waals surface area contributed by atoms with Crippen LogP contribution in [0.2, 0.25) is 5.02 Å². The topological polar surface area (TPSA) is 118 Å². The number of nitrogens with zero attached hydrogens (tertiary/aromatic N) is 1. The minimum atomic E-state index is -2.10. The Balaban J connectivity index is 1.53. The number of ketones is 1. The first-order chi connectivity index (χ1) is 18.6. The average molecular weight is 569 g/mol. The molecular formula is C27H16ClF3N4O3S. The number of fused-ring (bicyclic) bond motifs is 1. The number of hydrogen-bond donors (Lipinski definition) is 3. The fourth-order valence-corrected chi connectivity index (χ4v) is 5.07. The number of nitrogens with one attached hydrogen (secondary N) is 2. The van der Waals surface area contributed by atoms with Crippen LogP contribution in [0.5, 0.6) is 0 Å². The van der Waals surface area contributed by atoms with Gasteiger partial charge in [0, 0.05) is 28.9 Å². The molecule has 5 rings (SSSR count). The highest BCUT2D eigenvalue weighted by Crippen LogP contribution is 2.31. The number of halogens is 4. The lowest BCUT2D eigenvalue weighted by atomic mass is 9.99. The van der Waals surface area contributed by atoms with Crippen molar-refractivity contribution < 1.29 is 27.0 Å². The summed E-state index contributed by atoms with van der Waals surface area (Å²) in [5.41, 5.74) is 5.36. The minimum Gasteiger partial charge on any atom is -0.366 e. The molecule has 0 spiro atoms. The van der Waals surface area contributed by atoms with Crippen molar-refractivity contribution in [2.75, 3.05) is 4.72 Å². The van der Waals surface area contributed by atoms with Crippen LogP contribution in [0.3, 0.4) is 0 Å². The molecule has 0 fully saturated rings. The number of aromatic nitrogens is 2. The van der Waals surface area contributed by atoms with Crippen LogP contribution >= 0.6 is 11.6 Å². The SMILES string of the molecule is NC(=O)c1cc(-c2cnc3[nH]cc(C(=O)c4c(F)ccc(NS(=O)c5cccc(F)c5)c4F)c3c2)ccc1Cl. The number of anilines is 1. The van der Waals surface area contributed by atoms with Crippen LogP contribution in [-0.4, -0.2) is 25.9 Å². The van der Waals surface area contributed by atoms with Crippen molar-refractivity contribution >= 4 is 51.0 Å². The van der Waals surface area contributed by atoms with E-state index in [1.807, 2.05) is 0 Å². The number of primary amides is 1. The summed E-state index contributed by atoms with van der Waals surface area (Å²) >= 11 is 6.03. The molecule has 1 amide bonds. The molecule has 0 saturated heterocycles. The van der Waals surface area contributed by atoms with Gasteiger partial charge in [-0.1, -0.05) is 23.7 Å². The Morgan fingerprint density at radius 2 is 1.77 bits per heavy atom. The van der Waals surface area contributed by atoms with Gasteiger partial charge in [0.25, 0.3) is 0 Å². The quantitative estimate of drug-likeness (QED) is 0.216. The van der Waals surface area contributed by atoms with E-state index in [1.54, 1.807) is 12.1 Å². The Morgan fingerprint density at radius 3 is 2.51 bits per heavy atom. The normalized spacial score (nSPS) is 11.9. The number of pyridine rings is 1. The lowest BCUT2D eigenvalue weighted by molar-refractivity contribution is 0.0998. The lowest BCUT2D eigenvalue weighted by Crippen LogP contribution is -2.12. The summed E-state index contributed by atoms with van der Waals surface area (Å²) in [4.78, 5) is 32.2. The number of carbonyl (C=O) groups is 2. The van der Waals surface area contributed by atoms with E-state index >= 15 is 4.39 Å². The Morgan fingerprint density at radius 1 is 0.974 bits per heavy atom. The standard InChI is InChI=1S/C27H16ClF3N4O3S/c28-20-5-4-13(8-18(20)26(32)37)14-9-17-19(12-34-27(17)33-11-14)25(36)23-21(30)6-7-22(24(23)31)35-39(38)16-3-1-2-15(29)10-16/h1-12,35H,(H2,32,37)(H,33,34). The van der Waals surface area contributed by atoms with Gasteiger partial charge in [-0.15, -0.1) is 0 Å². The van der Waals surface area contributed by atoms with Crippen molar-refractivity contribution in [1.29, 1.82) is 0 Å². The maximum absolute atomic E-state index is 15.4. The first-order valence-corrected chi connectivity index (χ1v) is 12.7. The number of nitrogens with two attached hydrogens (primary N) is 1. The summed E-state index contributed by atoms with van der Waals surface area (Å²) < 4.78 is 58.6. The first-order valence-electron chi connectivity index (χ1n) is 11.2. The summed E-state index contributed by atoms with van der Waals surface area (Å²) in [6.45, 7) is 0. The van der Waals surface area contributed by atoms with Crippen LogP contribution < -0.4 is 10.5 Å². The van der Waals surface area contributed by atoms with Gasteiger partial charge < -0.3 is 10.7 Å². The Hall–Kier alpha value is -4.48. The van der Waals surface area contributed by atoms with E-state index in [1.165, 1.54) is 36.7 Å². The number of rotatable bonds is 7. The third-order valence-electron chi connectivity index (χ3n) is 5.87. The van der Waals surface area contributed by atoms with Crippen molar-refractivity contribution in [1.82, 2.24) is 9.97 Å². The van der Waals surface area contributed by atoms with Crippen LogP contribution in [0.15, 0.2) is 78.0 Å². The zero-order chi connectivity index (χ0) is 27.8. The second-order valence-electron chi connectivity index (χ2n) is 8.32. The van der Waals surface area contributed by atoms with Crippen molar-refractivity contribution in [2.45, 2.75) is 4.90 Å². The maximum atomic E-state index is 15.4. The number of hydrogen-bond acceptors (Lipinski definition) is 4. The molecule has 7 nitrogen and oxygen atoms in total. The van der Waals surface area contributed by atoms with E-state index in [9.17, 15) is 22.6 Å². The molecule has 1 unspecified atom stereocenters. The maximum Gasteiger partial charge on any atom is 0.250 e. The first kappa shape index (κ1) is 26.1. The second kappa shape index (κ2) is 10.4. The molecule has 0 aliphatic carbocycles. The molecule has 39 heavy (non-hydrogen) atoms. The number of benzene rings is 3. The van der Waals surface area contributed by atoms with Crippen LogP contribution in [-0.2, 0) is 11.0 Å². The smallest absolute Gasteiger partial charge is 0.250 e. The number of aromatic amines is 1. The van der Waals surface area contributed by atoms with Crippen molar-refractivity contribution in [3.05, 3.63) is 112 Å². The van der Waals surface area contributed by atoms with Gasteiger partial charge in [-0.3, -0.25) is 14.3 Å². The predicted molar refractivity (Wildman–Crippen MR) is 141 cm³/mol. The van der Waals surface area contributed by atoms with Crippen molar-refractivity contribution in [3.63, 3.8) is 0 Å². The van der Waals surface area contributed by atoms with Gasteiger partial charge in [0.2, 0.25) is 11.7 Å². The van der Waals surface area contributed by atoms with Gasteiger partial charge in [0.1, 0.15) is 28.3 Å². The third kappa shape index (κ3) is 5.01. The molecule has 0 bridgehead atoms. The second-order valence-corrected chi connectivity index (χ2v) is 9.94. The number of amides is 1. The summed E-state index contributed by atoms with van der Waals surface area (Å²) in [7, 11) is -2.10. The molecule has 12 heteroatoms. The lowest BCUT2D eigenvalue weighted by Gasteiger charge is -2.11. The van der Waals surface area contributed by atoms with Gasteiger partial charge in [0.15, 0.2) is 5.82 Å². The van der Waals surface area contributed by atoms with Gasteiger partial charge >= 0.3 is 0 Å². The molecule has 2 heterocycles. The van der Waals surface area contributed by atoms with Crippen molar-refractivity contribution in [3.8, 4) is 11.1 Å². The van der Waals surface area contributed by atoms with Gasteiger partial charge in [-0.25, -0.2) is 22.4 Å². The molecule has 2 aromatic heterocycles. The van der Waals surface area contributed by atoms with Crippen LogP contribution in [0, 0.1) is 17.5 Å². The van der Waals surface area contributed by atoms with Gasteiger partial charge in [-0.05, 0) is 54.1 Å². The number of carbonyl (C=O) groups excluding carboxylic acids is 2.